The van der Waals surface area contributed by atoms with Gasteiger partial charge in [-0.2, -0.15) is 0 Å². The lowest BCUT2D eigenvalue weighted by Crippen LogP contribution is -2.32. The largest absolute Gasteiger partial charge is 0.385 e. The molecule has 3 atom stereocenters. The summed E-state index contributed by atoms with van der Waals surface area (Å²) >= 11 is 0. The van der Waals surface area contributed by atoms with Crippen LogP contribution in [0, 0.1) is 0 Å². The Labute approximate surface area is 66.3 Å². The molecule has 0 saturated carbocycles. The van der Waals surface area contributed by atoms with Crippen LogP contribution in [0.2, 0.25) is 0 Å². The molecule has 0 aromatic carbocycles. The van der Waals surface area contributed by atoms with Crippen LogP contribution in [0.5, 0.6) is 0 Å². The highest BCUT2D eigenvalue weighted by Crippen LogP contribution is 1.94. The van der Waals surface area contributed by atoms with E-state index in [4.69, 9.17) is 20.7 Å². The van der Waals surface area contributed by atoms with E-state index in [9.17, 15) is 0 Å². The van der Waals surface area contributed by atoms with Gasteiger partial charge in [-0.3, -0.25) is 0 Å². The molecule has 0 amide bonds. The monoisotopic (exact) mass is 161 g/mol. The number of rotatable bonds is 4. The van der Waals surface area contributed by atoms with Crippen LogP contribution in [-0.4, -0.2) is 35.8 Å². The van der Waals surface area contributed by atoms with Crippen molar-refractivity contribution in [1.82, 2.24) is 0 Å². The average molecular weight is 161 g/mol. The second kappa shape index (κ2) is 5.26. The number of aliphatic hydroxyl groups excluding tert-OH is 2. The molecule has 66 valence electrons. The van der Waals surface area contributed by atoms with Crippen molar-refractivity contribution in [3.05, 3.63) is 12.2 Å². The van der Waals surface area contributed by atoms with E-state index >= 15 is 0 Å². The first-order chi connectivity index (χ1) is 5.07. The van der Waals surface area contributed by atoms with Crippen LogP contribution in [0.1, 0.15) is 6.92 Å². The molecule has 0 aromatic rings. The quantitative estimate of drug-likeness (QED) is 0.373. The molecule has 0 aliphatic rings. The van der Waals surface area contributed by atoms with Crippen molar-refractivity contribution in [3.63, 3.8) is 0 Å². The zero-order chi connectivity index (χ0) is 8.85. The van der Waals surface area contributed by atoms with Crippen molar-refractivity contribution >= 4 is 0 Å². The molecule has 0 aromatic heterocycles. The van der Waals surface area contributed by atoms with E-state index in [1.54, 1.807) is 13.2 Å². The molecule has 0 saturated heterocycles. The van der Waals surface area contributed by atoms with Gasteiger partial charge in [0.15, 0.2) is 0 Å². The second-order valence-electron chi connectivity index (χ2n) is 2.31. The van der Waals surface area contributed by atoms with Gasteiger partial charge in [-0.25, -0.2) is 0 Å². The Morgan fingerprint density at radius 2 is 1.91 bits per heavy atom. The highest BCUT2D eigenvalue weighted by molar-refractivity contribution is 4.94. The number of ether oxygens (including phenoxy) is 1. The lowest BCUT2D eigenvalue weighted by molar-refractivity contribution is 0.0525. The van der Waals surface area contributed by atoms with Crippen molar-refractivity contribution in [2.45, 2.75) is 25.4 Å². The topological polar surface area (TPSA) is 75.7 Å². The van der Waals surface area contributed by atoms with Gasteiger partial charge in [-0.1, -0.05) is 12.2 Å². The van der Waals surface area contributed by atoms with Crippen molar-refractivity contribution in [2.75, 3.05) is 7.11 Å². The number of hydrogen-bond donors (Lipinski definition) is 3. The zero-order valence-electron chi connectivity index (χ0n) is 6.77. The molecule has 0 aliphatic carbocycles. The Kier molecular flexibility index (Phi) is 5.06. The Morgan fingerprint density at radius 1 is 1.36 bits per heavy atom. The smallest absolute Gasteiger partial charge is 0.132 e. The van der Waals surface area contributed by atoms with Gasteiger partial charge in [0.1, 0.15) is 12.3 Å². The summed E-state index contributed by atoms with van der Waals surface area (Å²) in [6, 6.07) is 0. The van der Waals surface area contributed by atoms with Crippen molar-refractivity contribution in [2.24, 2.45) is 5.73 Å². The van der Waals surface area contributed by atoms with E-state index in [0.29, 0.717) is 0 Å². The van der Waals surface area contributed by atoms with Gasteiger partial charge in [-0.15, -0.1) is 0 Å². The summed E-state index contributed by atoms with van der Waals surface area (Å²) in [7, 11) is 1.56. The van der Waals surface area contributed by atoms with Crippen molar-refractivity contribution < 1.29 is 14.9 Å². The molecule has 4 nitrogen and oxygen atoms in total. The fourth-order valence-corrected chi connectivity index (χ4v) is 0.463. The average Bonchev–Trinajstić information content (AvgIpc) is 1.99. The molecule has 0 bridgehead atoms. The molecule has 11 heavy (non-hydrogen) atoms. The number of nitrogens with two attached hydrogens (primary N) is 1. The fourth-order valence-electron chi connectivity index (χ4n) is 0.463. The van der Waals surface area contributed by atoms with Gasteiger partial charge in [0.2, 0.25) is 0 Å². The van der Waals surface area contributed by atoms with E-state index in [0.717, 1.165) is 0 Å². The summed E-state index contributed by atoms with van der Waals surface area (Å²) in [6.45, 7) is 1.81. The molecule has 0 spiro atoms. The summed E-state index contributed by atoms with van der Waals surface area (Å²) in [6.07, 6.45) is 0.700. The summed E-state index contributed by atoms with van der Waals surface area (Å²) in [4.78, 5) is 0. The highest BCUT2D eigenvalue weighted by Gasteiger charge is 2.06. The Morgan fingerprint density at radius 3 is 2.27 bits per heavy atom. The normalized spacial score (nSPS) is 20.1. The van der Waals surface area contributed by atoms with Crippen LogP contribution >= 0.6 is 0 Å². The molecular weight excluding hydrogens is 146 g/mol. The van der Waals surface area contributed by atoms with Gasteiger partial charge >= 0.3 is 0 Å². The molecule has 4 N–H and O–H groups in total. The Balaban J connectivity index is 3.72. The Bertz CT molecular complexity index is 125. The number of hydrogen-bond acceptors (Lipinski definition) is 4. The van der Waals surface area contributed by atoms with E-state index in [1.807, 2.05) is 6.92 Å². The van der Waals surface area contributed by atoms with Crippen LogP contribution in [0.15, 0.2) is 12.2 Å². The summed E-state index contributed by atoms with van der Waals surface area (Å²) in [5.74, 6) is 0. The van der Waals surface area contributed by atoms with Crippen LogP contribution in [-0.2, 0) is 4.74 Å². The molecule has 0 rings (SSSR count). The van der Waals surface area contributed by atoms with Gasteiger partial charge in [-0.05, 0) is 6.92 Å². The van der Waals surface area contributed by atoms with Crippen molar-refractivity contribution in [1.29, 1.82) is 0 Å². The lowest BCUT2D eigenvalue weighted by Gasteiger charge is -2.09. The van der Waals surface area contributed by atoms with E-state index in [-0.39, 0.29) is 6.10 Å². The summed E-state index contributed by atoms with van der Waals surface area (Å²) in [5, 5.41) is 17.6. The molecule has 0 fully saturated rings. The minimum atomic E-state index is -1.23. The number of aliphatic hydroxyl groups is 2. The van der Waals surface area contributed by atoms with Gasteiger partial charge in [0, 0.05) is 7.11 Å². The maximum atomic E-state index is 8.95. The third-order valence-corrected chi connectivity index (χ3v) is 1.30. The molecule has 4 heteroatoms. The van der Waals surface area contributed by atoms with Gasteiger partial charge in [0.05, 0.1) is 6.10 Å². The van der Waals surface area contributed by atoms with Crippen LogP contribution < -0.4 is 5.73 Å². The van der Waals surface area contributed by atoms with Gasteiger partial charge in [0.25, 0.3) is 0 Å². The van der Waals surface area contributed by atoms with Crippen LogP contribution in [0.4, 0.5) is 0 Å². The maximum Gasteiger partial charge on any atom is 0.132 e. The molecule has 3 unspecified atom stereocenters. The van der Waals surface area contributed by atoms with E-state index < -0.39 is 12.3 Å². The van der Waals surface area contributed by atoms with Crippen LogP contribution in [0.3, 0.4) is 0 Å². The highest BCUT2D eigenvalue weighted by atomic mass is 16.5. The first kappa shape index (κ1) is 10.6. The lowest BCUT2D eigenvalue weighted by atomic mass is 10.2. The first-order valence-electron chi connectivity index (χ1n) is 3.40. The SMILES string of the molecule is COC(C)/C=C\C(O)C(N)O. The van der Waals surface area contributed by atoms with E-state index in [2.05, 4.69) is 0 Å². The molecule has 0 aliphatic heterocycles. The Hall–Kier alpha value is -0.420. The maximum absolute atomic E-state index is 8.95. The third-order valence-electron chi connectivity index (χ3n) is 1.30. The fraction of sp³-hybridized carbons (Fsp3) is 0.714. The molecule has 0 heterocycles. The first-order valence-corrected chi connectivity index (χ1v) is 3.40. The van der Waals surface area contributed by atoms with Crippen molar-refractivity contribution in [3.8, 4) is 0 Å². The zero-order valence-corrected chi connectivity index (χ0v) is 6.77. The second-order valence-corrected chi connectivity index (χ2v) is 2.31. The van der Waals surface area contributed by atoms with Gasteiger partial charge < -0.3 is 20.7 Å². The predicted octanol–water partition coefficient (Wildman–Crippen LogP) is -0.785. The van der Waals surface area contributed by atoms with E-state index in [1.165, 1.54) is 6.08 Å². The minimum absolute atomic E-state index is 0.0802. The number of methoxy groups -OCH3 is 1. The summed E-state index contributed by atoms with van der Waals surface area (Å²) < 4.78 is 4.86. The summed E-state index contributed by atoms with van der Waals surface area (Å²) in [5.41, 5.74) is 4.98. The predicted molar refractivity (Wildman–Crippen MR) is 41.8 cm³/mol. The molecular formula is C7H15NO3. The standard InChI is InChI=1S/C7H15NO3/c1-5(11-2)3-4-6(9)7(8)10/h3-7,9-10H,8H2,1-2H3/b4-3-. The third kappa shape index (κ3) is 4.92. The van der Waals surface area contributed by atoms with Crippen LogP contribution in [0.25, 0.3) is 0 Å². The molecule has 0 radical (unpaired) electrons. The minimum Gasteiger partial charge on any atom is -0.385 e.